The first kappa shape index (κ1) is 15.4. The Morgan fingerprint density at radius 2 is 2.35 bits per heavy atom. The van der Waals surface area contributed by atoms with E-state index in [1.807, 2.05) is 0 Å². The topological polar surface area (TPSA) is 38.5 Å². The van der Waals surface area contributed by atoms with Crippen molar-refractivity contribution in [3.8, 4) is 0 Å². The molecule has 3 nitrogen and oxygen atoms in total. The molecular weight excluding hydrogens is 275 g/mol. The molecule has 2 rings (SSSR count). The summed E-state index contributed by atoms with van der Waals surface area (Å²) in [6, 6.07) is 4.80. The summed E-state index contributed by atoms with van der Waals surface area (Å²) in [5.74, 6) is -0.212. The van der Waals surface area contributed by atoms with E-state index in [-0.39, 0.29) is 11.9 Å². The fraction of sp³-hybridized carbons (Fsp3) is 0.533. The molecule has 0 aliphatic carbocycles. The van der Waals surface area contributed by atoms with Gasteiger partial charge in [0, 0.05) is 30.8 Å². The second-order valence-corrected chi connectivity index (χ2v) is 5.57. The maximum atomic E-state index is 13.9. The van der Waals surface area contributed by atoms with Crippen molar-refractivity contribution in [2.24, 2.45) is 5.73 Å². The number of halogens is 1. The van der Waals surface area contributed by atoms with Crippen LogP contribution in [0.2, 0.25) is 0 Å². The highest BCUT2D eigenvalue weighted by atomic mass is 32.1. The highest BCUT2D eigenvalue weighted by Gasteiger charge is 2.19. The van der Waals surface area contributed by atoms with Gasteiger partial charge < -0.3 is 10.5 Å². The summed E-state index contributed by atoms with van der Waals surface area (Å²) in [6.45, 7) is 5.17. The van der Waals surface area contributed by atoms with Crippen molar-refractivity contribution in [1.82, 2.24) is 4.90 Å². The zero-order valence-electron chi connectivity index (χ0n) is 11.8. The van der Waals surface area contributed by atoms with E-state index in [0.717, 1.165) is 32.5 Å². The molecule has 1 aliphatic heterocycles. The molecule has 1 aromatic carbocycles. The lowest BCUT2D eigenvalue weighted by Gasteiger charge is -2.24. The Labute approximate surface area is 124 Å². The molecule has 5 heteroatoms. The van der Waals surface area contributed by atoms with Crippen LogP contribution in [-0.4, -0.2) is 35.7 Å². The number of likely N-dealkylation sites (N-methyl/N-ethyl adjacent to an activating group) is 1. The highest BCUT2D eigenvalue weighted by Crippen LogP contribution is 2.17. The minimum atomic E-state index is -0.212. The Hall–Kier alpha value is -1.04. The van der Waals surface area contributed by atoms with Gasteiger partial charge in [0.05, 0.1) is 6.10 Å². The summed E-state index contributed by atoms with van der Waals surface area (Å²) >= 11 is 4.94. The number of hydrogen-bond donors (Lipinski definition) is 1. The zero-order valence-corrected chi connectivity index (χ0v) is 12.6. The van der Waals surface area contributed by atoms with Crippen LogP contribution in [0.5, 0.6) is 0 Å². The predicted octanol–water partition coefficient (Wildman–Crippen LogP) is 2.46. The largest absolute Gasteiger partial charge is 0.389 e. The second kappa shape index (κ2) is 7.11. The van der Waals surface area contributed by atoms with E-state index in [2.05, 4.69) is 11.8 Å². The first-order valence-electron chi connectivity index (χ1n) is 7.02. The molecule has 1 fully saturated rings. The first-order valence-corrected chi connectivity index (χ1v) is 7.43. The van der Waals surface area contributed by atoms with Gasteiger partial charge in [-0.25, -0.2) is 4.39 Å². The highest BCUT2D eigenvalue weighted by molar-refractivity contribution is 7.80. The number of hydrogen-bond acceptors (Lipinski definition) is 3. The van der Waals surface area contributed by atoms with E-state index in [4.69, 9.17) is 22.7 Å². The Bertz CT molecular complexity index is 475. The number of thiocarbonyl (C=S) groups is 1. The van der Waals surface area contributed by atoms with Gasteiger partial charge in [0.1, 0.15) is 10.8 Å². The van der Waals surface area contributed by atoms with Gasteiger partial charge in [0.15, 0.2) is 0 Å². The van der Waals surface area contributed by atoms with Gasteiger partial charge in [-0.3, -0.25) is 4.90 Å². The van der Waals surface area contributed by atoms with Crippen LogP contribution in [0.1, 0.15) is 30.9 Å². The third-order valence-corrected chi connectivity index (χ3v) is 3.89. The van der Waals surface area contributed by atoms with Crippen LogP contribution in [0.15, 0.2) is 18.2 Å². The summed E-state index contributed by atoms with van der Waals surface area (Å²) in [5.41, 5.74) is 6.95. The molecule has 0 aromatic heterocycles. The van der Waals surface area contributed by atoms with Gasteiger partial charge in [-0.1, -0.05) is 19.1 Å². The van der Waals surface area contributed by atoms with Crippen LogP contribution in [0.25, 0.3) is 0 Å². The minimum Gasteiger partial charge on any atom is -0.389 e. The van der Waals surface area contributed by atoms with Crippen molar-refractivity contribution in [3.05, 3.63) is 35.1 Å². The van der Waals surface area contributed by atoms with Gasteiger partial charge in [-0.2, -0.15) is 0 Å². The molecule has 1 aromatic rings. The van der Waals surface area contributed by atoms with Crippen molar-refractivity contribution >= 4 is 17.2 Å². The molecule has 0 saturated carbocycles. The average Bonchev–Trinajstić information content (AvgIpc) is 2.92. The van der Waals surface area contributed by atoms with Gasteiger partial charge in [0.25, 0.3) is 0 Å². The lowest BCUT2D eigenvalue weighted by Crippen LogP contribution is -2.32. The van der Waals surface area contributed by atoms with Crippen molar-refractivity contribution < 1.29 is 9.13 Å². The Kier molecular flexibility index (Phi) is 5.46. The molecule has 0 radical (unpaired) electrons. The lowest BCUT2D eigenvalue weighted by molar-refractivity contribution is 0.0721. The summed E-state index contributed by atoms with van der Waals surface area (Å²) < 4.78 is 19.5. The Balaban J connectivity index is 2.05. The number of rotatable bonds is 6. The van der Waals surface area contributed by atoms with Crippen LogP contribution in [0.3, 0.4) is 0 Å². The van der Waals surface area contributed by atoms with Gasteiger partial charge in [-0.15, -0.1) is 0 Å². The summed E-state index contributed by atoms with van der Waals surface area (Å²) in [5, 5.41) is 0. The molecule has 0 amide bonds. The van der Waals surface area contributed by atoms with E-state index >= 15 is 0 Å². The van der Waals surface area contributed by atoms with E-state index in [9.17, 15) is 4.39 Å². The molecule has 1 saturated heterocycles. The molecule has 1 heterocycles. The second-order valence-electron chi connectivity index (χ2n) is 5.13. The van der Waals surface area contributed by atoms with Crippen molar-refractivity contribution in [1.29, 1.82) is 0 Å². The van der Waals surface area contributed by atoms with Crippen LogP contribution < -0.4 is 5.73 Å². The van der Waals surface area contributed by atoms with Crippen molar-refractivity contribution in [2.75, 3.05) is 19.7 Å². The first-order chi connectivity index (χ1) is 9.60. The standard InChI is InChI=1S/C15H21FN2OS/c1-2-18(10-13-4-3-7-19-13)9-12-8-11(15(17)20)5-6-14(12)16/h5-6,8,13H,2-4,7,9-10H2,1H3,(H2,17,20). The summed E-state index contributed by atoms with van der Waals surface area (Å²) in [6.07, 6.45) is 2.48. The molecule has 0 bridgehead atoms. The quantitative estimate of drug-likeness (QED) is 0.819. The number of nitrogens with zero attached hydrogens (tertiary/aromatic N) is 1. The SMILES string of the molecule is CCN(Cc1cc(C(N)=S)ccc1F)CC1CCCO1. The molecule has 1 aliphatic rings. The van der Waals surface area contributed by atoms with E-state index in [1.54, 1.807) is 12.1 Å². The van der Waals surface area contributed by atoms with Crippen LogP contribution in [-0.2, 0) is 11.3 Å². The lowest BCUT2D eigenvalue weighted by atomic mass is 10.1. The van der Waals surface area contributed by atoms with Crippen molar-refractivity contribution in [2.45, 2.75) is 32.4 Å². The van der Waals surface area contributed by atoms with Crippen LogP contribution in [0.4, 0.5) is 4.39 Å². The van der Waals surface area contributed by atoms with E-state index in [1.165, 1.54) is 6.07 Å². The maximum absolute atomic E-state index is 13.9. The van der Waals surface area contributed by atoms with Gasteiger partial charge in [0.2, 0.25) is 0 Å². The van der Waals surface area contributed by atoms with Crippen molar-refractivity contribution in [3.63, 3.8) is 0 Å². The smallest absolute Gasteiger partial charge is 0.127 e. The third kappa shape index (κ3) is 3.98. The monoisotopic (exact) mass is 296 g/mol. The number of benzene rings is 1. The number of ether oxygens (including phenoxy) is 1. The Morgan fingerprint density at radius 1 is 1.55 bits per heavy atom. The molecule has 110 valence electrons. The van der Waals surface area contributed by atoms with Crippen LogP contribution in [0, 0.1) is 5.82 Å². The number of nitrogens with two attached hydrogens (primary N) is 1. The predicted molar refractivity (Wildman–Crippen MR) is 82.2 cm³/mol. The fourth-order valence-electron chi connectivity index (χ4n) is 2.47. The average molecular weight is 296 g/mol. The van der Waals surface area contributed by atoms with Gasteiger partial charge in [-0.05, 0) is 37.6 Å². The summed E-state index contributed by atoms with van der Waals surface area (Å²) in [4.78, 5) is 2.49. The molecule has 20 heavy (non-hydrogen) atoms. The Morgan fingerprint density at radius 3 is 2.95 bits per heavy atom. The van der Waals surface area contributed by atoms with Crippen LogP contribution >= 0.6 is 12.2 Å². The summed E-state index contributed by atoms with van der Waals surface area (Å²) in [7, 11) is 0. The maximum Gasteiger partial charge on any atom is 0.127 e. The zero-order chi connectivity index (χ0) is 14.5. The molecule has 0 spiro atoms. The normalized spacial score (nSPS) is 18.6. The van der Waals surface area contributed by atoms with E-state index in [0.29, 0.717) is 22.7 Å². The molecule has 2 N–H and O–H groups in total. The third-order valence-electron chi connectivity index (χ3n) is 3.66. The molecule has 1 atom stereocenters. The minimum absolute atomic E-state index is 0.212. The van der Waals surface area contributed by atoms with Gasteiger partial charge >= 0.3 is 0 Å². The van der Waals surface area contributed by atoms with E-state index < -0.39 is 0 Å². The molecular formula is C15H21FN2OS. The molecule has 1 unspecified atom stereocenters. The fourth-order valence-corrected chi connectivity index (χ4v) is 2.60.